The van der Waals surface area contributed by atoms with Gasteiger partial charge in [0, 0.05) is 18.2 Å². The van der Waals surface area contributed by atoms with E-state index in [1.54, 1.807) is 0 Å². The fourth-order valence-electron chi connectivity index (χ4n) is 1.37. The lowest BCUT2D eigenvalue weighted by molar-refractivity contribution is -0.385. The van der Waals surface area contributed by atoms with Crippen molar-refractivity contribution in [2.45, 2.75) is 33.4 Å². The lowest BCUT2D eigenvalue weighted by Gasteiger charge is -2.17. The van der Waals surface area contributed by atoms with Crippen LogP contribution in [0.2, 0.25) is 0 Å². The number of amides is 1. The van der Waals surface area contributed by atoms with Gasteiger partial charge in [0.15, 0.2) is 0 Å². The van der Waals surface area contributed by atoms with Crippen LogP contribution in [0, 0.1) is 16.0 Å². The average molecular weight is 267 g/mol. The summed E-state index contributed by atoms with van der Waals surface area (Å²) in [5.74, 6) is -0.0745. The third-order valence-electron chi connectivity index (χ3n) is 2.88. The molecular formula is C12H17N3O4. The summed E-state index contributed by atoms with van der Waals surface area (Å²) in [5.41, 5.74) is -0.665. The Balaban J connectivity index is 2.82. The Kier molecular flexibility index (Phi) is 4.80. The molecule has 1 aromatic rings. The van der Waals surface area contributed by atoms with E-state index in [1.165, 1.54) is 0 Å². The van der Waals surface area contributed by atoms with Crippen molar-refractivity contribution < 1.29 is 9.72 Å². The Morgan fingerprint density at radius 2 is 2.05 bits per heavy atom. The highest BCUT2D eigenvalue weighted by Gasteiger charge is 2.13. The molecule has 0 aliphatic carbocycles. The molecule has 19 heavy (non-hydrogen) atoms. The van der Waals surface area contributed by atoms with E-state index in [-0.39, 0.29) is 30.1 Å². The molecule has 1 amide bonds. The van der Waals surface area contributed by atoms with E-state index in [1.807, 2.05) is 20.8 Å². The molecule has 7 heteroatoms. The maximum atomic E-state index is 11.7. The first-order chi connectivity index (χ1) is 8.81. The standard InChI is InChI=1S/C12H17N3O4/c1-8(2)9(3)13-11(16)7-14-6-10(15(18)19)4-5-12(14)17/h4-6,8-9H,7H2,1-3H3,(H,13,16)/t9-/m1/s1. The maximum absolute atomic E-state index is 11.7. The third kappa shape index (κ3) is 4.20. The van der Waals surface area contributed by atoms with Gasteiger partial charge in [-0.1, -0.05) is 13.8 Å². The van der Waals surface area contributed by atoms with E-state index < -0.39 is 10.5 Å². The Hall–Kier alpha value is -2.18. The fraction of sp³-hybridized carbons (Fsp3) is 0.500. The molecule has 1 heterocycles. The lowest BCUT2D eigenvalue weighted by atomic mass is 10.1. The van der Waals surface area contributed by atoms with Gasteiger partial charge in [-0.2, -0.15) is 0 Å². The number of nitrogens with one attached hydrogen (secondary N) is 1. The largest absolute Gasteiger partial charge is 0.352 e. The zero-order valence-corrected chi connectivity index (χ0v) is 11.1. The van der Waals surface area contributed by atoms with Crippen molar-refractivity contribution in [1.29, 1.82) is 0 Å². The lowest BCUT2D eigenvalue weighted by Crippen LogP contribution is -2.39. The van der Waals surface area contributed by atoms with Gasteiger partial charge in [0.25, 0.3) is 11.2 Å². The molecule has 1 aromatic heterocycles. The second kappa shape index (κ2) is 6.12. The summed E-state index contributed by atoms with van der Waals surface area (Å²) in [7, 11) is 0. The van der Waals surface area contributed by atoms with Gasteiger partial charge < -0.3 is 5.32 Å². The molecule has 1 rings (SSSR count). The molecule has 1 N–H and O–H groups in total. The summed E-state index contributed by atoms with van der Waals surface area (Å²) >= 11 is 0. The van der Waals surface area contributed by atoms with Crippen molar-refractivity contribution in [3.8, 4) is 0 Å². The number of aromatic nitrogens is 1. The molecule has 104 valence electrons. The Morgan fingerprint density at radius 3 is 2.58 bits per heavy atom. The number of nitrogens with zero attached hydrogens (tertiary/aromatic N) is 2. The molecular weight excluding hydrogens is 250 g/mol. The fourth-order valence-corrected chi connectivity index (χ4v) is 1.37. The molecule has 0 aliphatic heterocycles. The van der Waals surface area contributed by atoms with Crippen LogP contribution < -0.4 is 10.9 Å². The maximum Gasteiger partial charge on any atom is 0.285 e. The molecule has 0 saturated carbocycles. The molecule has 0 unspecified atom stereocenters. The molecule has 0 fully saturated rings. The van der Waals surface area contributed by atoms with Gasteiger partial charge in [-0.25, -0.2) is 0 Å². The molecule has 7 nitrogen and oxygen atoms in total. The van der Waals surface area contributed by atoms with Gasteiger partial charge in [-0.15, -0.1) is 0 Å². The second-order valence-corrected chi connectivity index (χ2v) is 4.71. The average Bonchev–Trinajstić information content (AvgIpc) is 2.31. The molecule has 0 saturated heterocycles. The van der Waals surface area contributed by atoms with Crippen LogP contribution in [0.1, 0.15) is 20.8 Å². The van der Waals surface area contributed by atoms with E-state index in [2.05, 4.69) is 5.32 Å². The summed E-state index contributed by atoms with van der Waals surface area (Å²) in [4.78, 5) is 33.2. The van der Waals surface area contributed by atoms with Gasteiger partial charge in [0.2, 0.25) is 5.91 Å². The number of nitro groups is 1. The van der Waals surface area contributed by atoms with Gasteiger partial charge in [0.05, 0.1) is 11.1 Å². The molecule has 0 spiro atoms. The van der Waals surface area contributed by atoms with Gasteiger partial charge in [0.1, 0.15) is 6.54 Å². The molecule has 0 bridgehead atoms. The van der Waals surface area contributed by atoms with Crippen LogP contribution in [0.5, 0.6) is 0 Å². The second-order valence-electron chi connectivity index (χ2n) is 4.71. The summed E-state index contributed by atoms with van der Waals surface area (Å²) in [5, 5.41) is 13.3. The minimum atomic E-state index is -0.607. The summed E-state index contributed by atoms with van der Waals surface area (Å²) in [6, 6.07) is 2.17. The summed E-state index contributed by atoms with van der Waals surface area (Å²) < 4.78 is 1.03. The number of rotatable bonds is 5. The van der Waals surface area contributed by atoms with Crippen molar-refractivity contribution in [3.05, 3.63) is 38.8 Å². The van der Waals surface area contributed by atoms with Crippen molar-refractivity contribution in [2.24, 2.45) is 5.92 Å². The highest BCUT2D eigenvalue weighted by atomic mass is 16.6. The van der Waals surface area contributed by atoms with E-state index in [0.717, 1.165) is 22.9 Å². The monoisotopic (exact) mass is 267 g/mol. The van der Waals surface area contributed by atoms with Crippen molar-refractivity contribution in [1.82, 2.24) is 9.88 Å². The minimum absolute atomic E-state index is 0.0260. The summed E-state index contributed by atoms with van der Waals surface area (Å²) in [6.07, 6.45) is 1.07. The van der Waals surface area contributed by atoms with E-state index >= 15 is 0 Å². The van der Waals surface area contributed by atoms with Crippen molar-refractivity contribution in [3.63, 3.8) is 0 Å². The first-order valence-corrected chi connectivity index (χ1v) is 5.95. The normalized spacial score (nSPS) is 12.2. The van der Waals surface area contributed by atoms with E-state index in [0.29, 0.717) is 0 Å². The Bertz CT molecular complexity index is 536. The van der Waals surface area contributed by atoms with Crippen LogP contribution in [0.15, 0.2) is 23.1 Å². The summed E-state index contributed by atoms with van der Waals surface area (Å²) in [6.45, 7) is 5.56. The minimum Gasteiger partial charge on any atom is -0.352 e. The smallest absolute Gasteiger partial charge is 0.285 e. The van der Waals surface area contributed by atoms with Gasteiger partial charge in [-0.05, 0) is 12.8 Å². The topological polar surface area (TPSA) is 94.2 Å². The van der Waals surface area contributed by atoms with Crippen LogP contribution in [0.3, 0.4) is 0 Å². The number of carbonyl (C=O) groups excluding carboxylic acids is 1. The molecule has 0 aliphatic rings. The molecule has 0 aromatic carbocycles. The number of carbonyl (C=O) groups is 1. The first kappa shape index (κ1) is 14.9. The SMILES string of the molecule is CC(C)[C@@H](C)NC(=O)Cn1cc([N+](=O)[O-])ccc1=O. The van der Waals surface area contributed by atoms with Crippen LogP contribution >= 0.6 is 0 Å². The zero-order valence-electron chi connectivity index (χ0n) is 11.1. The first-order valence-electron chi connectivity index (χ1n) is 5.95. The molecule has 0 radical (unpaired) electrons. The van der Waals surface area contributed by atoms with Crippen molar-refractivity contribution >= 4 is 11.6 Å². The predicted octanol–water partition coefficient (Wildman–Crippen LogP) is 0.917. The van der Waals surface area contributed by atoms with Crippen LogP contribution in [-0.2, 0) is 11.3 Å². The zero-order chi connectivity index (χ0) is 14.6. The Morgan fingerprint density at radius 1 is 1.42 bits per heavy atom. The predicted molar refractivity (Wildman–Crippen MR) is 69.8 cm³/mol. The van der Waals surface area contributed by atoms with Crippen LogP contribution in [0.25, 0.3) is 0 Å². The van der Waals surface area contributed by atoms with Crippen LogP contribution in [-0.4, -0.2) is 21.4 Å². The number of hydrogen-bond donors (Lipinski definition) is 1. The number of pyridine rings is 1. The van der Waals surface area contributed by atoms with E-state index in [4.69, 9.17) is 0 Å². The third-order valence-corrected chi connectivity index (χ3v) is 2.88. The van der Waals surface area contributed by atoms with Crippen molar-refractivity contribution in [2.75, 3.05) is 0 Å². The Labute approximate surface area is 110 Å². The molecule has 1 atom stereocenters. The van der Waals surface area contributed by atoms with E-state index in [9.17, 15) is 19.7 Å². The van der Waals surface area contributed by atoms with Gasteiger partial charge in [-0.3, -0.25) is 24.3 Å². The highest BCUT2D eigenvalue weighted by Crippen LogP contribution is 2.06. The number of hydrogen-bond acceptors (Lipinski definition) is 4. The van der Waals surface area contributed by atoms with Gasteiger partial charge >= 0.3 is 0 Å². The highest BCUT2D eigenvalue weighted by molar-refractivity contribution is 5.76. The van der Waals surface area contributed by atoms with Crippen LogP contribution in [0.4, 0.5) is 5.69 Å². The quantitative estimate of drug-likeness (QED) is 0.634.